The van der Waals surface area contributed by atoms with E-state index >= 15 is 0 Å². The minimum atomic E-state index is 1.23. The van der Waals surface area contributed by atoms with Crippen molar-refractivity contribution >= 4 is 31.5 Å². The first kappa shape index (κ1) is 24.4. The van der Waals surface area contributed by atoms with Gasteiger partial charge in [0.25, 0.3) is 0 Å². The van der Waals surface area contributed by atoms with E-state index in [0.29, 0.717) is 0 Å². The molecule has 8 aromatic rings. The van der Waals surface area contributed by atoms with Gasteiger partial charge < -0.3 is 0 Å². The maximum atomic E-state index is 2.37. The first-order chi connectivity index (χ1) is 21.3. The van der Waals surface area contributed by atoms with Crippen molar-refractivity contribution in [2.45, 2.75) is 0 Å². The topological polar surface area (TPSA) is 0 Å². The second kappa shape index (κ2) is 9.66. The molecule has 0 saturated carbocycles. The fourth-order valence-corrected chi connectivity index (χ4v) is 8.01. The van der Waals surface area contributed by atoms with E-state index < -0.39 is 0 Å². The summed E-state index contributed by atoms with van der Waals surface area (Å²) in [7, 11) is 0. The molecule has 0 amide bonds. The zero-order chi connectivity index (χ0) is 28.3. The Balaban J connectivity index is 1.29. The maximum absolute atomic E-state index is 2.37. The maximum Gasteiger partial charge on any atom is 0.0355 e. The van der Waals surface area contributed by atoms with Gasteiger partial charge in [0.1, 0.15) is 0 Å². The van der Waals surface area contributed by atoms with Gasteiger partial charge >= 0.3 is 0 Å². The first-order valence-corrected chi connectivity index (χ1v) is 15.6. The number of benzene rings is 7. The molecule has 0 atom stereocenters. The Morgan fingerprint density at radius 1 is 0.279 bits per heavy atom. The van der Waals surface area contributed by atoms with Gasteiger partial charge in [0.05, 0.1) is 0 Å². The second-order valence-electron chi connectivity index (χ2n) is 11.3. The van der Waals surface area contributed by atoms with Crippen LogP contribution in [-0.4, -0.2) is 0 Å². The number of thiophene rings is 1. The van der Waals surface area contributed by atoms with Crippen molar-refractivity contribution < 1.29 is 0 Å². The van der Waals surface area contributed by atoms with Crippen molar-refractivity contribution in [3.05, 3.63) is 158 Å². The summed E-state index contributed by atoms with van der Waals surface area (Å²) in [5.74, 6) is 0. The zero-order valence-corrected chi connectivity index (χ0v) is 24.2. The molecule has 0 saturated heterocycles. The number of rotatable bonds is 2. The van der Waals surface area contributed by atoms with E-state index in [1.165, 1.54) is 86.9 Å². The summed E-state index contributed by atoms with van der Waals surface area (Å²) in [5, 5.41) is 2.66. The Morgan fingerprint density at radius 3 is 1.51 bits per heavy atom. The predicted molar refractivity (Wildman–Crippen MR) is 186 cm³/mol. The molecule has 0 nitrogen and oxygen atoms in total. The quantitative estimate of drug-likeness (QED) is 0.197. The number of hydrogen-bond acceptors (Lipinski definition) is 1. The first-order valence-electron chi connectivity index (χ1n) is 14.8. The lowest BCUT2D eigenvalue weighted by molar-refractivity contribution is 1.51. The van der Waals surface area contributed by atoms with E-state index in [9.17, 15) is 0 Å². The van der Waals surface area contributed by atoms with Crippen LogP contribution >= 0.6 is 11.3 Å². The summed E-state index contributed by atoms with van der Waals surface area (Å²) < 4.78 is 2.67. The Bertz CT molecular complexity index is 2350. The van der Waals surface area contributed by atoms with Crippen LogP contribution in [0, 0.1) is 0 Å². The Morgan fingerprint density at radius 2 is 0.767 bits per heavy atom. The van der Waals surface area contributed by atoms with Crippen LogP contribution in [0.1, 0.15) is 0 Å². The molecule has 200 valence electrons. The molecular formula is C42H26S. The van der Waals surface area contributed by atoms with E-state index in [1.807, 2.05) is 11.3 Å². The molecule has 1 aliphatic carbocycles. The molecule has 0 unspecified atom stereocenters. The molecule has 9 rings (SSSR count). The highest BCUT2D eigenvalue weighted by atomic mass is 32.1. The third-order valence-corrected chi connectivity index (χ3v) is 10.0. The van der Waals surface area contributed by atoms with Crippen molar-refractivity contribution in [1.82, 2.24) is 0 Å². The van der Waals surface area contributed by atoms with Gasteiger partial charge in [-0.05, 0) is 91.0 Å². The smallest absolute Gasteiger partial charge is 0.0355 e. The van der Waals surface area contributed by atoms with Crippen LogP contribution in [0.5, 0.6) is 0 Å². The molecule has 0 bridgehead atoms. The number of hydrogen-bond donors (Lipinski definition) is 0. The van der Waals surface area contributed by atoms with E-state index in [1.54, 1.807) is 0 Å². The van der Waals surface area contributed by atoms with E-state index in [2.05, 4.69) is 158 Å². The van der Waals surface area contributed by atoms with Crippen LogP contribution in [0.3, 0.4) is 0 Å². The highest BCUT2D eigenvalue weighted by molar-refractivity contribution is 7.25. The highest BCUT2D eigenvalue weighted by Crippen LogP contribution is 2.50. The van der Waals surface area contributed by atoms with Crippen LogP contribution in [0.25, 0.3) is 86.9 Å². The molecule has 0 fully saturated rings. The van der Waals surface area contributed by atoms with E-state index in [-0.39, 0.29) is 0 Å². The molecule has 1 aliphatic rings. The van der Waals surface area contributed by atoms with Gasteiger partial charge in [-0.25, -0.2) is 0 Å². The summed E-state index contributed by atoms with van der Waals surface area (Å²) >= 11 is 1.87. The summed E-state index contributed by atoms with van der Waals surface area (Å²) in [4.78, 5) is 0. The molecule has 0 aliphatic heterocycles. The second-order valence-corrected chi connectivity index (χ2v) is 12.3. The van der Waals surface area contributed by atoms with Gasteiger partial charge in [0, 0.05) is 20.2 Å². The van der Waals surface area contributed by atoms with Crippen LogP contribution < -0.4 is 0 Å². The summed E-state index contributed by atoms with van der Waals surface area (Å²) in [6.45, 7) is 0. The van der Waals surface area contributed by atoms with Gasteiger partial charge in [-0.2, -0.15) is 0 Å². The standard InChI is InChI=1S/C42H26S/c1-2-14-32-31(13-1)33-15-3-4-16-35(33)38-21-10-20-30(42(38)37-19-6-5-17-34(32)37)29-12-9-11-27(25-29)28-23-24-41-39(26-28)36-18-7-8-22-40(36)43-41/h1-26H. The van der Waals surface area contributed by atoms with Crippen molar-refractivity contribution in [2.75, 3.05) is 0 Å². The van der Waals surface area contributed by atoms with Crippen LogP contribution in [0.2, 0.25) is 0 Å². The van der Waals surface area contributed by atoms with Gasteiger partial charge in [-0.3, -0.25) is 0 Å². The molecule has 43 heavy (non-hydrogen) atoms. The Kier molecular flexibility index (Phi) is 5.47. The van der Waals surface area contributed by atoms with Crippen LogP contribution in [-0.2, 0) is 0 Å². The third kappa shape index (κ3) is 3.82. The Labute approximate surface area is 255 Å². The lowest BCUT2D eigenvalue weighted by Gasteiger charge is -2.25. The lowest BCUT2D eigenvalue weighted by Crippen LogP contribution is -1.98. The van der Waals surface area contributed by atoms with Crippen molar-refractivity contribution in [3.8, 4) is 66.8 Å². The molecule has 7 aromatic carbocycles. The molecular weight excluding hydrogens is 537 g/mol. The monoisotopic (exact) mass is 562 g/mol. The fourth-order valence-electron chi connectivity index (χ4n) is 6.92. The molecule has 0 spiro atoms. The molecule has 1 heteroatoms. The lowest BCUT2D eigenvalue weighted by atomic mass is 9.78. The van der Waals surface area contributed by atoms with Crippen LogP contribution in [0.4, 0.5) is 0 Å². The fraction of sp³-hybridized carbons (Fsp3) is 0. The molecule has 0 radical (unpaired) electrons. The SMILES string of the molecule is c1cc(-c2ccc3sc4ccccc4c3c2)cc(-c2cccc3c2-c2ccccc2-c2ccccc2-c2ccccc2-3)c1. The molecule has 1 aromatic heterocycles. The van der Waals surface area contributed by atoms with Gasteiger partial charge in [0.2, 0.25) is 0 Å². The number of fused-ring (bicyclic) bond motifs is 11. The average molecular weight is 563 g/mol. The normalized spacial score (nSPS) is 11.7. The van der Waals surface area contributed by atoms with E-state index in [0.717, 1.165) is 0 Å². The van der Waals surface area contributed by atoms with Gasteiger partial charge in [-0.15, -0.1) is 11.3 Å². The summed E-state index contributed by atoms with van der Waals surface area (Å²) in [5.41, 5.74) is 15.2. The Hall–Kier alpha value is -5.24. The van der Waals surface area contributed by atoms with Crippen molar-refractivity contribution in [2.24, 2.45) is 0 Å². The average Bonchev–Trinajstić information content (AvgIpc) is 3.45. The largest absolute Gasteiger partial charge is 0.135 e. The predicted octanol–water partition coefficient (Wildman–Crippen LogP) is 12.4. The highest BCUT2D eigenvalue weighted by Gasteiger charge is 2.23. The van der Waals surface area contributed by atoms with Gasteiger partial charge in [-0.1, -0.05) is 133 Å². The van der Waals surface area contributed by atoms with Crippen LogP contribution in [0.15, 0.2) is 158 Å². The minimum Gasteiger partial charge on any atom is -0.135 e. The summed E-state index contributed by atoms with van der Waals surface area (Å²) in [6.07, 6.45) is 0. The third-order valence-electron chi connectivity index (χ3n) is 8.87. The molecule has 0 N–H and O–H groups in total. The van der Waals surface area contributed by atoms with E-state index in [4.69, 9.17) is 0 Å². The summed E-state index contributed by atoms with van der Waals surface area (Å²) in [6, 6.07) is 58.1. The van der Waals surface area contributed by atoms with Crippen molar-refractivity contribution in [1.29, 1.82) is 0 Å². The van der Waals surface area contributed by atoms with Crippen molar-refractivity contribution in [3.63, 3.8) is 0 Å². The molecule has 1 heterocycles. The minimum absolute atomic E-state index is 1.23. The zero-order valence-electron chi connectivity index (χ0n) is 23.4. The van der Waals surface area contributed by atoms with Gasteiger partial charge in [0.15, 0.2) is 0 Å².